The lowest BCUT2D eigenvalue weighted by atomic mass is 10.0. The minimum atomic E-state index is -0.0311. The Hall–Kier alpha value is -3.47. The number of hydrogen-bond donors (Lipinski definition) is 0. The first-order valence-electron chi connectivity index (χ1n) is 9.64. The van der Waals surface area contributed by atoms with Crippen molar-refractivity contribution in [3.63, 3.8) is 0 Å². The molecule has 0 bridgehead atoms. The van der Waals surface area contributed by atoms with Gasteiger partial charge in [0.05, 0.1) is 22.7 Å². The summed E-state index contributed by atoms with van der Waals surface area (Å²) in [4.78, 5) is 21.7. The van der Waals surface area contributed by atoms with Crippen LogP contribution in [0.15, 0.2) is 66.7 Å². The third kappa shape index (κ3) is 3.18. The first kappa shape index (κ1) is 18.9. The van der Waals surface area contributed by atoms with Crippen molar-refractivity contribution < 1.29 is 4.79 Å². The number of rotatable bonds is 3. The van der Waals surface area contributed by atoms with Crippen molar-refractivity contribution in [1.82, 2.24) is 0 Å². The predicted octanol–water partition coefficient (Wildman–Crippen LogP) is 4.88. The van der Waals surface area contributed by atoms with E-state index in [4.69, 9.17) is 0 Å². The third-order valence-electron chi connectivity index (χ3n) is 5.38. The van der Waals surface area contributed by atoms with Gasteiger partial charge in [-0.3, -0.25) is 9.69 Å². The summed E-state index contributed by atoms with van der Waals surface area (Å²) >= 11 is 0. The first-order chi connectivity index (χ1) is 13.9. The molecule has 0 saturated heterocycles. The van der Waals surface area contributed by atoms with E-state index in [-0.39, 0.29) is 5.91 Å². The van der Waals surface area contributed by atoms with Crippen LogP contribution in [0.2, 0.25) is 0 Å². The molecule has 1 aliphatic rings. The number of amides is 1. The van der Waals surface area contributed by atoms with Gasteiger partial charge in [-0.15, -0.1) is 0 Å². The van der Waals surface area contributed by atoms with Crippen LogP contribution in [0.1, 0.15) is 10.4 Å². The molecule has 0 N–H and O–H groups in total. The molecule has 0 saturated carbocycles. The van der Waals surface area contributed by atoms with Crippen molar-refractivity contribution in [3.8, 4) is 0 Å². The molecule has 0 fully saturated rings. The van der Waals surface area contributed by atoms with Gasteiger partial charge in [-0.1, -0.05) is 18.2 Å². The van der Waals surface area contributed by atoms with Crippen molar-refractivity contribution in [2.24, 2.45) is 0 Å². The fourth-order valence-electron chi connectivity index (χ4n) is 3.68. The molecule has 1 amide bonds. The first-order valence-corrected chi connectivity index (χ1v) is 9.64. The van der Waals surface area contributed by atoms with Crippen LogP contribution in [0.5, 0.6) is 0 Å². The van der Waals surface area contributed by atoms with Crippen LogP contribution in [0, 0.1) is 0 Å². The highest BCUT2D eigenvalue weighted by molar-refractivity contribution is 6.16. The number of fused-ring (bicyclic) bond motifs is 2. The number of anilines is 6. The zero-order valence-corrected chi connectivity index (χ0v) is 17.5. The third-order valence-corrected chi connectivity index (χ3v) is 5.38. The lowest BCUT2D eigenvalue weighted by Gasteiger charge is -2.38. The molecule has 0 radical (unpaired) electrons. The zero-order chi connectivity index (χ0) is 20.7. The molecule has 0 spiro atoms. The van der Waals surface area contributed by atoms with Gasteiger partial charge in [-0.2, -0.15) is 0 Å². The van der Waals surface area contributed by atoms with Gasteiger partial charge in [-0.05, 0) is 48.5 Å². The van der Waals surface area contributed by atoms with Gasteiger partial charge in [0.2, 0.25) is 0 Å². The second kappa shape index (κ2) is 7.17. The average Bonchev–Trinajstić information content (AvgIpc) is 2.73. The maximum Gasteiger partial charge on any atom is 0.262 e. The van der Waals surface area contributed by atoms with Crippen LogP contribution in [-0.4, -0.2) is 41.1 Å². The molecule has 1 aliphatic heterocycles. The fourth-order valence-corrected chi connectivity index (χ4v) is 3.68. The van der Waals surface area contributed by atoms with Gasteiger partial charge in [-0.25, -0.2) is 0 Å². The largest absolute Gasteiger partial charge is 0.378 e. The molecule has 3 aromatic rings. The second-order valence-corrected chi connectivity index (χ2v) is 7.70. The van der Waals surface area contributed by atoms with Crippen LogP contribution in [0.3, 0.4) is 0 Å². The van der Waals surface area contributed by atoms with Crippen molar-refractivity contribution in [2.75, 3.05) is 54.8 Å². The zero-order valence-electron chi connectivity index (χ0n) is 17.5. The molecule has 148 valence electrons. The Morgan fingerprint density at radius 3 is 1.62 bits per heavy atom. The van der Waals surface area contributed by atoms with Crippen molar-refractivity contribution in [3.05, 3.63) is 72.3 Å². The summed E-state index contributed by atoms with van der Waals surface area (Å²) in [5.41, 5.74) is 6.63. The van der Waals surface area contributed by atoms with E-state index in [2.05, 4.69) is 46.0 Å². The van der Waals surface area contributed by atoms with Crippen molar-refractivity contribution in [2.45, 2.75) is 0 Å². The highest BCUT2D eigenvalue weighted by atomic mass is 16.2. The summed E-state index contributed by atoms with van der Waals surface area (Å²) in [6, 6.07) is 21.9. The van der Waals surface area contributed by atoms with Gasteiger partial charge in [0, 0.05) is 52.2 Å². The fraction of sp³-hybridized carbons (Fsp3) is 0.208. The normalized spacial score (nSPS) is 12.3. The van der Waals surface area contributed by atoms with E-state index in [9.17, 15) is 4.79 Å². The maximum absolute atomic E-state index is 13.6. The van der Waals surface area contributed by atoms with E-state index in [1.807, 2.05) is 75.6 Å². The highest BCUT2D eigenvalue weighted by Crippen LogP contribution is 2.49. The smallest absolute Gasteiger partial charge is 0.262 e. The molecular weight excluding hydrogens is 360 g/mol. The number of carbonyl (C=O) groups is 1. The van der Waals surface area contributed by atoms with Crippen LogP contribution in [0.25, 0.3) is 0 Å². The average molecular weight is 386 g/mol. The molecule has 1 heterocycles. The Morgan fingerprint density at radius 1 is 0.690 bits per heavy atom. The van der Waals surface area contributed by atoms with Gasteiger partial charge in [0.1, 0.15) is 0 Å². The molecule has 4 rings (SSSR count). The Kier molecular flexibility index (Phi) is 4.66. The van der Waals surface area contributed by atoms with Crippen LogP contribution in [-0.2, 0) is 0 Å². The summed E-state index contributed by atoms with van der Waals surface area (Å²) in [5, 5.41) is 0. The molecule has 5 heteroatoms. The molecule has 0 aromatic heterocycles. The predicted molar refractivity (Wildman–Crippen MR) is 123 cm³/mol. The van der Waals surface area contributed by atoms with Gasteiger partial charge >= 0.3 is 0 Å². The molecule has 0 atom stereocenters. The van der Waals surface area contributed by atoms with E-state index in [0.29, 0.717) is 5.56 Å². The Bertz CT molecular complexity index is 1000. The topological polar surface area (TPSA) is 30.0 Å². The van der Waals surface area contributed by atoms with Gasteiger partial charge < -0.3 is 14.7 Å². The SMILES string of the molecule is CN(C)c1ccc2c(c1)N(C)c1cc(N(C)C)ccc1N2C(=O)c1ccccc1. The van der Waals surface area contributed by atoms with E-state index < -0.39 is 0 Å². The van der Waals surface area contributed by atoms with E-state index in [1.54, 1.807) is 0 Å². The summed E-state index contributed by atoms with van der Waals surface area (Å²) in [6.07, 6.45) is 0. The molecule has 0 unspecified atom stereocenters. The number of benzene rings is 3. The molecule has 3 aromatic carbocycles. The van der Waals surface area contributed by atoms with Crippen molar-refractivity contribution >= 4 is 40.0 Å². The van der Waals surface area contributed by atoms with Gasteiger partial charge in [0.15, 0.2) is 0 Å². The van der Waals surface area contributed by atoms with Gasteiger partial charge in [0.25, 0.3) is 5.91 Å². The summed E-state index contributed by atoms with van der Waals surface area (Å²) in [7, 11) is 10.1. The number of hydrogen-bond acceptors (Lipinski definition) is 4. The standard InChI is InChI=1S/C24H26N4O/c1-25(2)18-11-13-20-22(15-18)27(5)23-16-19(26(3)4)12-14-21(23)28(20)24(29)17-9-7-6-8-10-17/h6-16H,1-5H3. The maximum atomic E-state index is 13.6. The Labute approximate surface area is 172 Å². The summed E-state index contributed by atoms with van der Waals surface area (Å²) in [6.45, 7) is 0. The highest BCUT2D eigenvalue weighted by Gasteiger charge is 2.32. The molecule has 29 heavy (non-hydrogen) atoms. The minimum absolute atomic E-state index is 0.0311. The Morgan fingerprint density at radius 2 is 1.17 bits per heavy atom. The van der Waals surface area contributed by atoms with E-state index in [1.165, 1.54) is 0 Å². The summed E-state index contributed by atoms with van der Waals surface area (Å²) < 4.78 is 0. The number of carbonyl (C=O) groups excluding carboxylic acids is 1. The molecule has 5 nitrogen and oxygen atoms in total. The lowest BCUT2D eigenvalue weighted by Crippen LogP contribution is -2.32. The van der Waals surface area contributed by atoms with Crippen LogP contribution in [0.4, 0.5) is 34.1 Å². The quantitative estimate of drug-likeness (QED) is 0.642. The Balaban J connectivity index is 1.93. The monoisotopic (exact) mass is 386 g/mol. The van der Waals surface area contributed by atoms with Crippen LogP contribution < -0.4 is 19.6 Å². The van der Waals surface area contributed by atoms with Crippen molar-refractivity contribution in [1.29, 1.82) is 0 Å². The number of nitrogens with zero attached hydrogens (tertiary/aromatic N) is 4. The second-order valence-electron chi connectivity index (χ2n) is 7.70. The van der Waals surface area contributed by atoms with E-state index in [0.717, 1.165) is 34.1 Å². The minimum Gasteiger partial charge on any atom is -0.378 e. The molecular formula is C24H26N4O. The van der Waals surface area contributed by atoms with E-state index >= 15 is 0 Å². The molecule has 0 aliphatic carbocycles. The summed E-state index contributed by atoms with van der Waals surface area (Å²) in [5.74, 6) is -0.0311. The lowest BCUT2D eigenvalue weighted by molar-refractivity contribution is 0.0999. The van der Waals surface area contributed by atoms with Crippen LogP contribution >= 0.6 is 0 Å².